The zero-order valence-corrected chi connectivity index (χ0v) is 12.5. The fourth-order valence-corrected chi connectivity index (χ4v) is 3.19. The van der Waals surface area contributed by atoms with Crippen LogP contribution < -0.4 is 0 Å². The number of nitrogens with zero attached hydrogens (tertiary/aromatic N) is 1. The first-order chi connectivity index (χ1) is 8.56. The monoisotopic (exact) mass is 265 g/mol. The van der Waals surface area contributed by atoms with Gasteiger partial charge >= 0.3 is 0 Å². The molecule has 1 nitrogen and oxygen atoms in total. The van der Waals surface area contributed by atoms with Gasteiger partial charge in [-0.2, -0.15) is 0 Å². The predicted octanol–water partition coefficient (Wildman–Crippen LogP) is 4.32. The van der Waals surface area contributed by atoms with E-state index in [0.29, 0.717) is 0 Å². The number of alkyl halides is 1. The Balaban J connectivity index is 1.97. The summed E-state index contributed by atoms with van der Waals surface area (Å²) in [6.07, 6.45) is 2.63. The van der Waals surface area contributed by atoms with Crippen molar-refractivity contribution in [2.24, 2.45) is 5.92 Å². The number of benzene rings is 1. The molecule has 18 heavy (non-hydrogen) atoms. The maximum Gasteiger partial charge on any atom is 0.0714 e. The Hall–Kier alpha value is -0.530. The summed E-state index contributed by atoms with van der Waals surface area (Å²) in [6, 6.07) is 6.58. The molecule has 2 rings (SSSR count). The van der Waals surface area contributed by atoms with E-state index in [2.05, 4.69) is 43.9 Å². The lowest BCUT2D eigenvalue weighted by atomic mass is 9.98. The third kappa shape index (κ3) is 3.49. The quantitative estimate of drug-likeness (QED) is 0.736. The summed E-state index contributed by atoms with van der Waals surface area (Å²) in [4.78, 5) is 2.51. The van der Waals surface area contributed by atoms with Gasteiger partial charge in [0.25, 0.3) is 0 Å². The molecule has 1 aromatic rings. The van der Waals surface area contributed by atoms with E-state index in [1.807, 2.05) is 0 Å². The predicted molar refractivity (Wildman–Crippen MR) is 79.3 cm³/mol. The molecule has 0 bridgehead atoms. The molecule has 100 valence electrons. The highest BCUT2D eigenvalue weighted by Crippen LogP contribution is 2.27. The third-order valence-electron chi connectivity index (χ3n) is 4.06. The molecular formula is C16H24ClN. The number of halogens is 1. The van der Waals surface area contributed by atoms with Crippen molar-refractivity contribution < 1.29 is 0 Å². The van der Waals surface area contributed by atoms with Crippen LogP contribution in [0.5, 0.6) is 0 Å². The van der Waals surface area contributed by atoms with Gasteiger partial charge in [-0.25, -0.2) is 0 Å². The van der Waals surface area contributed by atoms with Crippen LogP contribution in [0.15, 0.2) is 18.2 Å². The molecule has 0 saturated carbocycles. The molecule has 0 spiro atoms. The average Bonchev–Trinajstić information content (AvgIpc) is 2.32. The highest BCUT2D eigenvalue weighted by molar-refractivity contribution is 6.21. The van der Waals surface area contributed by atoms with E-state index in [-0.39, 0.29) is 5.38 Å². The van der Waals surface area contributed by atoms with Crippen LogP contribution in [0.4, 0.5) is 0 Å². The second-order valence-corrected chi connectivity index (χ2v) is 6.34. The van der Waals surface area contributed by atoms with Crippen molar-refractivity contribution in [3.63, 3.8) is 0 Å². The average molecular weight is 266 g/mol. The fourth-order valence-electron chi connectivity index (χ4n) is 2.75. The van der Waals surface area contributed by atoms with E-state index in [0.717, 1.165) is 12.5 Å². The van der Waals surface area contributed by atoms with E-state index in [1.165, 1.54) is 42.6 Å². The molecule has 1 aliphatic heterocycles. The second kappa shape index (κ2) is 6.08. The number of rotatable bonds is 3. The number of hydrogen-bond donors (Lipinski definition) is 0. The minimum atomic E-state index is 0.124. The highest BCUT2D eigenvalue weighted by atomic mass is 35.5. The summed E-state index contributed by atoms with van der Waals surface area (Å²) in [6.45, 7) is 10.0. The van der Waals surface area contributed by atoms with Crippen molar-refractivity contribution in [1.82, 2.24) is 4.90 Å². The molecule has 1 atom stereocenters. The van der Waals surface area contributed by atoms with Gasteiger partial charge in [-0.3, -0.25) is 0 Å². The molecule has 1 aliphatic rings. The van der Waals surface area contributed by atoms with Gasteiger partial charge < -0.3 is 4.90 Å². The summed E-state index contributed by atoms with van der Waals surface area (Å²) in [5, 5.41) is 0.124. The van der Waals surface area contributed by atoms with E-state index in [1.54, 1.807) is 0 Å². The van der Waals surface area contributed by atoms with Gasteiger partial charge in [0.1, 0.15) is 0 Å². The van der Waals surface area contributed by atoms with Crippen molar-refractivity contribution in [2.75, 3.05) is 19.6 Å². The molecule has 2 heteroatoms. The van der Waals surface area contributed by atoms with Crippen molar-refractivity contribution in [3.05, 3.63) is 34.9 Å². The Morgan fingerprint density at radius 2 is 1.94 bits per heavy atom. The van der Waals surface area contributed by atoms with Crippen molar-refractivity contribution in [1.29, 1.82) is 0 Å². The largest absolute Gasteiger partial charge is 0.302 e. The maximum absolute atomic E-state index is 6.59. The van der Waals surface area contributed by atoms with Gasteiger partial charge in [-0.1, -0.05) is 30.7 Å². The second-order valence-electron chi connectivity index (χ2n) is 5.81. The Morgan fingerprint density at radius 1 is 1.28 bits per heavy atom. The lowest BCUT2D eigenvalue weighted by molar-refractivity contribution is 0.192. The molecule has 0 aliphatic carbocycles. The molecule has 0 amide bonds. The topological polar surface area (TPSA) is 3.24 Å². The van der Waals surface area contributed by atoms with Crippen LogP contribution in [0.25, 0.3) is 0 Å². The highest BCUT2D eigenvalue weighted by Gasteiger charge is 2.19. The Morgan fingerprint density at radius 3 is 2.56 bits per heavy atom. The third-order valence-corrected chi connectivity index (χ3v) is 4.43. The van der Waals surface area contributed by atoms with Crippen molar-refractivity contribution >= 4 is 11.6 Å². The minimum Gasteiger partial charge on any atom is -0.302 e. The van der Waals surface area contributed by atoms with E-state index in [4.69, 9.17) is 11.6 Å². The van der Waals surface area contributed by atoms with Crippen LogP contribution in [-0.2, 0) is 0 Å². The van der Waals surface area contributed by atoms with Crippen LogP contribution in [-0.4, -0.2) is 24.5 Å². The van der Waals surface area contributed by atoms with Crippen LogP contribution in [0, 0.1) is 19.8 Å². The minimum absolute atomic E-state index is 0.124. The zero-order valence-electron chi connectivity index (χ0n) is 11.7. The van der Waals surface area contributed by atoms with Gasteiger partial charge in [-0.05, 0) is 56.8 Å². The van der Waals surface area contributed by atoms with Crippen molar-refractivity contribution in [2.45, 2.75) is 39.0 Å². The molecule has 1 fully saturated rings. The smallest absolute Gasteiger partial charge is 0.0714 e. The maximum atomic E-state index is 6.59. The van der Waals surface area contributed by atoms with Gasteiger partial charge in [0, 0.05) is 6.54 Å². The first-order valence-electron chi connectivity index (χ1n) is 7.00. The fraction of sp³-hybridized carbons (Fsp3) is 0.625. The molecule has 0 radical (unpaired) electrons. The number of likely N-dealkylation sites (tertiary alicyclic amines) is 1. The summed E-state index contributed by atoms with van der Waals surface area (Å²) in [7, 11) is 0. The SMILES string of the molecule is Cc1ccc(C(Cl)CN2CCC(C)CC2)c(C)c1. The summed E-state index contributed by atoms with van der Waals surface area (Å²) in [5.74, 6) is 0.885. The molecule has 1 unspecified atom stereocenters. The summed E-state index contributed by atoms with van der Waals surface area (Å²) >= 11 is 6.59. The summed E-state index contributed by atoms with van der Waals surface area (Å²) in [5.41, 5.74) is 3.92. The lowest BCUT2D eigenvalue weighted by Crippen LogP contribution is -2.35. The normalized spacial score (nSPS) is 20.0. The Bertz CT molecular complexity index is 394. The standard InChI is InChI=1S/C16H24ClN/c1-12-6-8-18(9-7-12)11-16(17)15-5-4-13(2)10-14(15)3/h4-5,10,12,16H,6-9,11H2,1-3H3. The molecule has 0 aromatic heterocycles. The molecule has 1 heterocycles. The molecule has 1 aromatic carbocycles. The summed E-state index contributed by atoms with van der Waals surface area (Å²) < 4.78 is 0. The number of hydrogen-bond acceptors (Lipinski definition) is 1. The van der Waals surface area contributed by atoms with Crippen LogP contribution in [0.3, 0.4) is 0 Å². The van der Waals surface area contributed by atoms with Gasteiger partial charge in [0.15, 0.2) is 0 Å². The van der Waals surface area contributed by atoms with E-state index < -0.39 is 0 Å². The number of piperidine rings is 1. The first kappa shape index (κ1) is 13.9. The Labute approximate surface area is 116 Å². The Kier molecular flexibility index (Phi) is 4.69. The van der Waals surface area contributed by atoms with Gasteiger partial charge in [-0.15, -0.1) is 11.6 Å². The van der Waals surface area contributed by atoms with Gasteiger partial charge in [0.2, 0.25) is 0 Å². The molecule has 1 saturated heterocycles. The van der Waals surface area contributed by atoms with Crippen LogP contribution >= 0.6 is 11.6 Å². The lowest BCUT2D eigenvalue weighted by Gasteiger charge is -2.31. The molecule has 0 N–H and O–H groups in total. The first-order valence-corrected chi connectivity index (χ1v) is 7.43. The van der Waals surface area contributed by atoms with Crippen LogP contribution in [0.2, 0.25) is 0 Å². The zero-order chi connectivity index (χ0) is 13.1. The van der Waals surface area contributed by atoms with E-state index in [9.17, 15) is 0 Å². The van der Waals surface area contributed by atoms with Crippen LogP contribution in [0.1, 0.15) is 41.8 Å². The molecular weight excluding hydrogens is 242 g/mol. The van der Waals surface area contributed by atoms with Gasteiger partial charge in [0.05, 0.1) is 5.38 Å². The van der Waals surface area contributed by atoms with E-state index >= 15 is 0 Å². The van der Waals surface area contributed by atoms with Crippen molar-refractivity contribution in [3.8, 4) is 0 Å². The number of aryl methyl sites for hydroxylation is 2.